The fourth-order valence-electron chi connectivity index (χ4n) is 1.37. The van der Waals surface area contributed by atoms with E-state index in [4.69, 9.17) is 0 Å². The van der Waals surface area contributed by atoms with Gasteiger partial charge in [-0.2, -0.15) is 0 Å². The van der Waals surface area contributed by atoms with Gasteiger partial charge in [0.15, 0.2) is 0 Å². The maximum atomic E-state index is 11.0. The first-order chi connectivity index (χ1) is 7.56. The monoisotopic (exact) mass is 285 g/mol. The number of hydrogen-bond acceptors (Lipinski definition) is 3. The van der Waals surface area contributed by atoms with Gasteiger partial charge in [-0.15, -0.1) is 0 Å². The minimum Gasteiger partial charge on any atom is -0.506 e. The van der Waals surface area contributed by atoms with E-state index < -0.39 is 0 Å². The molecule has 0 aromatic heterocycles. The molecule has 0 heterocycles. The Kier molecular flexibility index (Phi) is 4.49. The lowest BCUT2D eigenvalue weighted by Crippen LogP contribution is -2.09. The highest BCUT2D eigenvalue weighted by Crippen LogP contribution is 2.33. The molecular weight excluding hydrogens is 274 g/mol. The Bertz CT molecular complexity index is 418. The number of nitrogens with one attached hydrogen (secondary N) is 1. The van der Waals surface area contributed by atoms with Crippen LogP contribution in [0.25, 0.3) is 0 Å². The minimum absolute atomic E-state index is 0.000649. The smallest absolute Gasteiger partial charge is 0.221 e. The van der Waals surface area contributed by atoms with Crippen LogP contribution in [0.2, 0.25) is 0 Å². The molecule has 4 nitrogen and oxygen atoms in total. The topological polar surface area (TPSA) is 66.4 Å². The van der Waals surface area contributed by atoms with Crippen molar-refractivity contribution in [2.45, 2.75) is 19.8 Å². The molecule has 0 aliphatic carbocycles. The number of halogens is 1. The predicted molar refractivity (Wildman–Crippen MR) is 64.5 cm³/mol. The van der Waals surface area contributed by atoms with Crippen LogP contribution >= 0.6 is 15.9 Å². The minimum atomic E-state index is -0.263. The van der Waals surface area contributed by atoms with Gasteiger partial charge in [0, 0.05) is 17.8 Å². The quantitative estimate of drug-likeness (QED) is 0.659. The summed E-state index contributed by atoms with van der Waals surface area (Å²) in [6, 6.07) is 3.17. The van der Waals surface area contributed by atoms with Crippen molar-refractivity contribution in [3.8, 4) is 5.75 Å². The van der Waals surface area contributed by atoms with E-state index in [2.05, 4.69) is 21.2 Å². The Labute approximate surface area is 102 Å². The third-order valence-electron chi connectivity index (χ3n) is 2.05. The number of aldehydes is 1. The molecule has 0 fully saturated rings. The molecule has 1 aromatic carbocycles. The van der Waals surface area contributed by atoms with Crippen molar-refractivity contribution in [1.29, 1.82) is 0 Å². The number of carbonyl (C=O) groups is 2. The van der Waals surface area contributed by atoms with Gasteiger partial charge in [-0.25, -0.2) is 0 Å². The molecule has 5 heteroatoms. The van der Waals surface area contributed by atoms with E-state index >= 15 is 0 Å². The summed E-state index contributed by atoms with van der Waals surface area (Å²) in [5.74, 6) is -0.264. The Hall–Kier alpha value is -1.36. The number of benzene rings is 1. The molecular formula is C11H12BrNO3. The van der Waals surface area contributed by atoms with E-state index in [1.807, 2.05) is 0 Å². The Morgan fingerprint density at radius 3 is 2.81 bits per heavy atom. The number of aromatic hydroxyl groups is 1. The van der Waals surface area contributed by atoms with Gasteiger partial charge in [-0.3, -0.25) is 4.79 Å². The Balaban J connectivity index is 3.13. The maximum absolute atomic E-state index is 11.0. The predicted octanol–water partition coefficient (Wildman–Crippen LogP) is 2.24. The van der Waals surface area contributed by atoms with E-state index in [1.165, 1.54) is 13.0 Å². The molecule has 86 valence electrons. The zero-order valence-corrected chi connectivity index (χ0v) is 10.4. The molecule has 0 aliphatic heterocycles. The molecule has 0 saturated heterocycles. The third kappa shape index (κ3) is 3.06. The first kappa shape index (κ1) is 12.7. The fourth-order valence-corrected chi connectivity index (χ4v) is 1.90. The van der Waals surface area contributed by atoms with Gasteiger partial charge in [0.1, 0.15) is 12.0 Å². The van der Waals surface area contributed by atoms with Gasteiger partial charge < -0.3 is 15.2 Å². The molecule has 1 amide bonds. The summed E-state index contributed by atoms with van der Waals surface area (Å²) < 4.78 is 0.760. The highest BCUT2D eigenvalue weighted by molar-refractivity contribution is 9.10. The number of phenolic OH excluding ortho intramolecular Hbond substituents is 1. The van der Waals surface area contributed by atoms with Crippen LogP contribution in [0, 0.1) is 0 Å². The lowest BCUT2D eigenvalue weighted by atomic mass is 10.1. The molecule has 0 saturated carbocycles. The van der Waals surface area contributed by atoms with Crippen LogP contribution in [-0.2, 0) is 16.0 Å². The normalized spacial score (nSPS) is 9.88. The van der Waals surface area contributed by atoms with Crippen LogP contribution in [0.5, 0.6) is 5.75 Å². The molecule has 1 aromatic rings. The van der Waals surface area contributed by atoms with Gasteiger partial charge in [-0.05, 0) is 24.1 Å². The second kappa shape index (κ2) is 5.65. The zero-order valence-electron chi connectivity index (χ0n) is 8.79. The Morgan fingerprint density at radius 1 is 1.56 bits per heavy atom. The lowest BCUT2D eigenvalue weighted by molar-refractivity contribution is -0.114. The number of amides is 1. The average molecular weight is 286 g/mol. The third-order valence-corrected chi connectivity index (χ3v) is 2.79. The zero-order chi connectivity index (χ0) is 12.1. The molecule has 16 heavy (non-hydrogen) atoms. The van der Waals surface area contributed by atoms with Crippen LogP contribution in [-0.4, -0.2) is 17.3 Å². The molecule has 0 radical (unpaired) electrons. The molecule has 0 atom stereocenters. The van der Waals surface area contributed by atoms with Gasteiger partial charge in [0.2, 0.25) is 5.91 Å². The second-order valence-corrected chi connectivity index (χ2v) is 4.16. The maximum Gasteiger partial charge on any atom is 0.221 e. The van der Waals surface area contributed by atoms with E-state index in [0.29, 0.717) is 18.5 Å². The molecule has 0 spiro atoms. The number of phenols is 1. The Morgan fingerprint density at radius 2 is 2.25 bits per heavy atom. The van der Waals surface area contributed by atoms with Crippen molar-refractivity contribution in [3.63, 3.8) is 0 Å². The average Bonchev–Trinajstić information content (AvgIpc) is 2.22. The molecule has 0 unspecified atom stereocenters. The molecule has 0 bridgehead atoms. The first-order valence-corrected chi connectivity index (χ1v) is 5.57. The van der Waals surface area contributed by atoms with Gasteiger partial charge >= 0.3 is 0 Å². The van der Waals surface area contributed by atoms with Gasteiger partial charge in [-0.1, -0.05) is 15.9 Å². The fraction of sp³-hybridized carbons (Fsp3) is 0.273. The molecule has 0 aliphatic rings. The van der Waals surface area contributed by atoms with Gasteiger partial charge in [0.05, 0.1) is 5.69 Å². The summed E-state index contributed by atoms with van der Waals surface area (Å²) >= 11 is 3.32. The summed E-state index contributed by atoms with van der Waals surface area (Å²) in [6.45, 7) is 1.36. The highest BCUT2D eigenvalue weighted by atomic mass is 79.9. The lowest BCUT2D eigenvalue weighted by Gasteiger charge is -2.12. The largest absolute Gasteiger partial charge is 0.506 e. The summed E-state index contributed by atoms with van der Waals surface area (Å²) in [6.07, 6.45) is 1.61. The van der Waals surface area contributed by atoms with Crippen molar-refractivity contribution in [1.82, 2.24) is 0 Å². The van der Waals surface area contributed by atoms with Crippen molar-refractivity contribution in [3.05, 3.63) is 22.2 Å². The summed E-state index contributed by atoms with van der Waals surface area (Å²) in [7, 11) is 0. The number of anilines is 1. The van der Waals surface area contributed by atoms with Crippen LogP contribution in [0.15, 0.2) is 16.6 Å². The summed E-state index contributed by atoms with van der Waals surface area (Å²) in [4.78, 5) is 21.3. The van der Waals surface area contributed by atoms with Crippen LogP contribution < -0.4 is 5.32 Å². The molecule has 2 N–H and O–H groups in total. The standard InChI is InChI=1S/C11H12BrNO3/c1-7(15)13-11-8(3-2-6-14)9(12)4-5-10(11)16/h4-6,16H,2-3H2,1H3,(H,13,15). The van der Waals surface area contributed by atoms with E-state index in [0.717, 1.165) is 16.3 Å². The van der Waals surface area contributed by atoms with Crippen LogP contribution in [0.4, 0.5) is 5.69 Å². The highest BCUT2D eigenvalue weighted by Gasteiger charge is 2.12. The van der Waals surface area contributed by atoms with Crippen LogP contribution in [0.1, 0.15) is 18.9 Å². The number of rotatable bonds is 4. The van der Waals surface area contributed by atoms with E-state index in [1.54, 1.807) is 6.07 Å². The second-order valence-electron chi connectivity index (χ2n) is 3.31. The van der Waals surface area contributed by atoms with Crippen molar-refractivity contribution >= 4 is 33.8 Å². The first-order valence-electron chi connectivity index (χ1n) is 4.77. The van der Waals surface area contributed by atoms with Crippen molar-refractivity contribution < 1.29 is 14.7 Å². The van der Waals surface area contributed by atoms with Gasteiger partial charge in [0.25, 0.3) is 0 Å². The van der Waals surface area contributed by atoms with Crippen LogP contribution in [0.3, 0.4) is 0 Å². The number of carbonyl (C=O) groups excluding carboxylic acids is 2. The molecule has 1 rings (SSSR count). The summed E-state index contributed by atoms with van der Waals surface area (Å²) in [5, 5.41) is 12.2. The SMILES string of the molecule is CC(=O)Nc1c(O)ccc(Br)c1CCC=O. The summed E-state index contributed by atoms with van der Waals surface area (Å²) in [5.41, 5.74) is 1.09. The number of hydrogen-bond donors (Lipinski definition) is 2. The van der Waals surface area contributed by atoms with E-state index in [9.17, 15) is 14.7 Å². The van der Waals surface area contributed by atoms with E-state index in [-0.39, 0.29) is 11.7 Å². The van der Waals surface area contributed by atoms with Crippen molar-refractivity contribution in [2.24, 2.45) is 0 Å². The van der Waals surface area contributed by atoms with Crippen molar-refractivity contribution in [2.75, 3.05) is 5.32 Å².